The number of aromatic hydroxyl groups is 1. The van der Waals surface area contributed by atoms with Gasteiger partial charge in [0.05, 0.1) is 9.85 Å². The van der Waals surface area contributed by atoms with Gasteiger partial charge in [0, 0.05) is 11.3 Å². The number of benzene rings is 1. The fourth-order valence-electron chi connectivity index (χ4n) is 2.14. The molecule has 1 fully saturated rings. The Labute approximate surface area is 129 Å². The number of aliphatic carboxylic acids is 1. The lowest BCUT2D eigenvalue weighted by Crippen LogP contribution is -2.45. The Bertz CT molecular complexity index is 551. The van der Waals surface area contributed by atoms with Gasteiger partial charge in [0.1, 0.15) is 11.8 Å². The number of carbonyl (C=O) groups is 2. The van der Waals surface area contributed by atoms with Gasteiger partial charge in [-0.3, -0.25) is 4.79 Å². The highest BCUT2D eigenvalue weighted by atomic mass is 79.9. The summed E-state index contributed by atoms with van der Waals surface area (Å²) in [5.41, 5.74) is 0.290. The van der Waals surface area contributed by atoms with Crippen LogP contribution in [0.1, 0.15) is 23.7 Å². The standard InChI is InChI=1S/C13H14BrNO4S/c1-2-11-15(9(6-20-11)13(18)19)12(17)7-3-4-8(14)10(16)5-7/h3-5,9,11,16H,2,6H2,1H3,(H,18,19). The second kappa shape index (κ2) is 6.05. The lowest BCUT2D eigenvalue weighted by molar-refractivity contribution is -0.141. The third-order valence-corrected chi connectivity index (χ3v) is 5.28. The van der Waals surface area contributed by atoms with Crippen molar-refractivity contribution >= 4 is 39.6 Å². The van der Waals surface area contributed by atoms with Crippen molar-refractivity contribution in [3.8, 4) is 5.75 Å². The third-order valence-electron chi connectivity index (χ3n) is 3.15. The van der Waals surface area contributed by atoms with Crippen molar-refractivity contribution in [2.24, 2.45) is 0 Å². The summed E-state index contributed by atoms with van der Waals surface area (Å²) in [5, 5.41) is 18.7. The van der Waals surface area contributed by atoms with Gasteiger partial charge in [0.25, 0.3) is 5.91 Å². The molecule has 2 rings (SSSR count). The van der Waals surface area contributed by atoms with Crippen LogP contribution in [-0.4, -0.2) is 44.2 Å². The zero-order chi connectivity index (χ0) is 14.9. The molecule has 108 valence electrons. The van der Waals surface area contributed by atoms with Crippen LogP contribution in [0.15, 0.2) is 22.7 Å². The number of rotatable bonds is 3. The van der Waals surface area contributed by atoms with E-state index in [1.807, 2.05) is 6.92 Å². The van der Waals surface area contributed by atoms with Gasteiger partial charge in [0.2, 0.25) is 0 Å². The summed E-state index contributed by atoms with van der Waals surface area (Å²) < 4.78 is 0.492. The van der Waals surface area contributed by atoms with Crippen molar-refractivity contribution in [3.05, 3.63) is 28.2 Å². The highest BCUT2D eigenvalue weighted by Gasteiger charge is 2.41. The molecule has 1 aromatic carbocycles. The van der Waals surface area contributed by atoms with Crippen LogP contribution in [0.2, 0.25) is 0 Å². The predicted molar refractivity (Wildman–Crippen MR) is 79.9 cm³/mol. The molecule has 20 heavy (non-hydrogen) atoms. The van der Waals surface area contributed by atoms with E-state index in [2.05, 4.69) is 15.9 Å². The Kier molecular flexibility index (Phi) is 4.59. The van der Waals surface area contributed by atoms with Gasteiger partial charge in [-0.15, -0.1) is 11.8 Å². The maximum absolute atomic E-state index is 12.5. The van der Waals surface area contributed by atoms with Crippen molar-refractivity contribution in [1.82, 2.24) is 4.90 Å². The van der Waals surface area contributed by atoms with Crippen LogP contribution in [0.25, 0.3) is 0 Å². The first-order valence-electron chi connectivity index (χ1n) is 6.11. The quantitative estimate of drug-likeness (QED) is 0.866. The zero-order valence-electron chi connectivity index (χ0n) is 10.7. The molecule has 1 amide bonds. The van der Waals surface area contributed by atoms with Crippen LogP contribution >= 0.6 is 27.7 Å². The third kappa shape index (κ3) is 2.78. The molecule has 2 N–H and O–H groups in total. The van der Waals surface area contributed by atoms with Gasteiger partial charge in [-0.25, -0.2) is 4.79 Å². The van der Waals surface area contributed by atoms with E-state index < -0.39 is 12.0 Å². The lowest BCUT2D eigenvalue weighted by atomic mass is 10.1. The largest absolute Gasteiger partial charge is 0.507 e. The Hall–Kier alpha value is -1.21. The molecule has 0 saturated carbocycles. The number of carboxylic acid groups (broad SMARTS) is 1. The van der Waals surface area contributed by atoms with Crippen molar-refractivity contribution in [2.45, 2.75) is 24.8 Å². The second-order valence-electron chi connectivity index (χ2n) is 4.43. The number of amides is 1. The molecule has 1 saturated heterocycles. The minimum Gasteiger partial charge on any atom is -0.507 e. The highest BCUT2D eigenvalue weighted by Crippen LogP contribution is 2.33. The van der Waals surface area contributed by atoms with E-state index in [-0.39, 0.29) is 22.6 Å². The van der Waals surface area contributed by atoms with E-state index in [0.717, 1.165) is 0 Å². The monoisotopic (exact) mass is 359 g/mol. The van der Waals surface area contributed by atoms with Crippen LogP contribution < -0.4 is 0 Å². The average Bonchev–Trinajstić information content (AvgIpc) is 2.85. The molecule has 0 bridgehead atoms. The molecule has 1 aromatic rings. The molecular formula is C13H14BrNO4S. The van der Waals surface area contributed by atoms with Gasteiger partial charge in [-0.05, 0) is 40.5 Å². The number of carbonyl (C=O) groups excluding carboxylic acids is 1. The van der Waals surface area contributed by atoms with Crippen molar-refractivity contribution in [3.63, 3.8) is 0 Å². The van der Waals surface area contributed by atoms with E-state index in [4.69, 9.17) is 0 Å². The summed E-state index contributed by atoms with van der Waals surface area (Å²) in [6, 6.07) is 3.67. The summed E-state index contributed by atoms with van der Waals surface area (Å²) in [7, 11) is 0. The first kappa shape index (κ1) is 15.2. The number of hydrogen-bond acceptors (Lipinski definition) is 4. The average molecular weight is 360 g/mol. The van der Waals surface area contributed by atoms with E-state index in [9.17, 15) is 19.8 Å². The normalized spacial score (nSPS) is 22.0. The maximum atomic E-state index is 12.5. The maximum Gasteiger partial charge on any atom is 0.327 e. The molecule has 0 radical (unpaired) electrons. The molecular weight excluding hydrogens is 346 g/mol. The molecule has 1 aliphatic rings. The number of phenols is 1. The summed E-state index contributed by atoms with van der Waals surface area (Å²) in [5.74, 6) is -1.01. The van der Waals surface area contributed by atoms with Gasteiger partial charge < -0.3 is 15.1 Å². The molecule has 0 spiro atoms. The second-order valence-corrected chi connectivity index (χ2v) is 6.49. The van der Waals surface area contributed by atoms with Gasteiger partial charge in [-0.1, -0.05) is 6.92 Å². The SMILES string of the molecule is CCC1SCC(C(=O)O)N1C(=O)c1ccc(Br)c(O)c1. The molecule has 7 heteroatoms. The van der Waals surface area contributed by atoms with Gasteiger partial charge in [-0.2, -0.15) is 0 Å². The van der Waals surface area contributed by atoms with Crippen LogP contribution in [-0.2, 0) is 4.79 Å². The Morgan fingerprint density at radius 1 is 1.50 bits per heavy atom. The minimum atomic E-state index is -0.997. The molecule has 2 unspecified atom stereocenters. The van der Waals surface area contributed by atoms with Crippen LogP contribution in [0.4, 0.5) is 0 Å². The molecule has 1 aliphatic heterocycles. The highest BCUT2D eigenvalue weighted by molar-refractivity contribution is 9.10. The first-order chi connectivity index (χ1) is 9.45. The number of phenolic OH excluding ortho intramolecular Hbond substituents is 1. The molecule has 0 aromatic heterocycles. The lowest BCUT2D eigenvalue weighted by Gasteiger charge is -2.26. The summed E-state index contributed by atoms with van der Waals surface area (Å²) >= 11 is 4.62. The van der Waals surface area contributed by atoms with Gasteiger partial charge in [0.15, 0.2) is 0 Å². The number of hydrogen-bond donors (Lipinski definition) is 2. The van der Waals surface area contributed by atoms with E-state index in [0.29, 0.717) is 16.6 Å². The number of thioether (sulfide) groups is 1. The molecule has 1 heterocycles. The number of halogens is 1. The fourth-order valence-corrected chi connectivity index (χ4v) is 3.73. The van der Waals surface area contributed by atoms with Crippen molar-refractivity contribution < 1.29 is 19.8 Å². The van der Waals surface area contributed by atoms with E-state index >= 15 is 0 Å². The minimum absolute atomic E-state index is 0.0392. The molecule has 5 nitrogen and oxygen atoms in total. The number of carboxylic acids is 1. The Balaban J connectivity index is 2.33. The summed E-state index contributed by atoms with van der Waals surface area (Å²) in [6.45, 7) is 1.92. The topological polar surface area (TPSA) is 77.8 Å². The van der Waals surface area contributed by atoms with E-state index in [1.54, 1.807) is 12.1 Å². The molecule has 2 atom stereocenters. The predicted octanol–water partition coefficient (Wildman–Crippen LogP) is 2.53. The fraction of sp³-hybridized carbons (Fsp3) is 0.385. The van der Waals surface area contributed by atoms with Crippen LogP contribution in [0.3, 0.4) is 0 Å². The van der Waals surface area contributed by atoms with Crippen LogP contribution in [0, 0.1) is 0 Å². The zero-order valence-corrected chi connectivity index (χ0v) is 13.1. The Morgan fingerprint density at radius 2 is 2.20 bits per heavy atom. The number of nitrogens with zero attached hydrogens (tertiary/aromatic N) is 1. The van der Waals surface area contributed by atoms with E-state index in [1.165, 1.54) is 22.7 Å². The van der Waals surface area contributed by atoms with Crippen molar-refractivity contribution in [1.29, 1.82) is 0 Å². The smallest absolute Gasteiger partial charge is 0.327 e. The van der Waals surface area contributed by atoms with Gasteiger partial charge >= 0.3 is 5.97 Å². The van der Waals surface area contributed by atoms with Crippen LogP contribution in [0.5, 0.6) is 5.75 Å². The van der Waals surface area contributed by atoms with Crippen molar-refractivity contribution in [2.75, 3.05) is 5.75 Å². The molecule has 0 aliphatic carbocycles. The first-order valence-corrected chi connectivity index (χ1v) is 7.95. The Morgan fingerprint density at radius 3 is 2.75 bits per heavy atom. The summed E-state index contributed by atoms with van der Waals surface area (Å²) in [6.07, 6.45) is 0.683. The summed E-state index contributed by atoms with van der Waals surface area (Å²) in [4.78, 5) is 25.2.